The van der Waals surface area contributed by atoms with Gasteiger partial charge in [0.15, 0.2) is 0 Å². The van der Waals surface area contributed by atoms with Crippen LogP contribution in [0, 0.1) is 0 Å². The molecule has 0 radical (unpaired) electrons. The van der Waals surface area contributed by atoms with Crippen molar-refractivity contribution in [2.24, 2.45) is 0 Å². The van der Waals surface area contributed by atoms with E-state index in [-0.39, 0.29) is 11.3 Å². The second kappa shape index (κ2) is 8.33. The smallest absolute Gasteiger partial charge is 0.230 e. The van der Waals surface area contributed by atoms with E-state index in [1.165, 1.54) is 11.1 Å². The van der Waals surface area contributed by atoms with Crippen LogP contribution in [-0.2, 0) is 21.4 Å². The molecule has 3 heteroatoms. The van der Waals surface area contributed by atoms with Gasteiger partial charge in [0.1, 0.15) is 0 Å². The Kier molecular flexibility index (Phi) is 6.44. The van der Waals surface area contributed by atoms with Crippen LogP contribution in [-0.4, -0.2) is 25.7 Å². The summed E-state index contributed by atoms with van der Waals surface area (Å²) in [5.41, 5.74) is 2.16. The van der Waals surface area contributed by atoms with Crippen LogP contribution in [0.4, 0.5) is 0 Å². The van der Waals surface area contributed by atoms with Gasteiger partial charge in [-0.15, -0.1) is 0 Å². The predicted octanol–water partition coefficient (Wildman–Crippen LogP) is 3.60. The van der Waals surface area contributed by atoms with E-state index in [0.29, 0.717) is 6.54 Å². The Morgan fingerprint density at radius 1 is 1.27 bits per heavy atom. The van der Waals surface area contributed by atoms with Crippen molar-refractivity contribution in [2.45, 2.75) is 57.8 Å². The van der Waals surface area contributed by atoms with Crippen molar-refractivity contribution < 1.29 is 9.53 Å². The van der Waals surface area contributed by atoms with Crippen LogP contribution < -0.4 is 5.32 Å². The van der Waals surface area contributed by atoms with Gasteiger partial charge in [0, 0.05) is 19.8 Å². The maximum Gasteiger partial charge on any atom is 0.230 e. The number of carbonyl (C=O) groups excluding carboxylic acids is 1. The Labute approximate surface area is 134 Å². The van der Waals surface area contributed by atoms with Gasteiger partial charge in [-0.2, -0.15) is 0 Å². The Morgan fingerprint density at radius 2 is 2.05 bits per heavy atom. The van der Waals surface area contributed by atoms with Crippen LogP contribution in [0.5, 0.6) is 0 Å². The molecule has 2 rings (SSSR count). The van der Waals surface area contributed by atoms with Gasteiger partial charge in [-0.25, -0.2) is 0 Å². The standard InChI is InChI=1S/C19H29NO2/c1-3-4-14-22-15-8-13-20-18(21)19(2)12-7-10-16-9-5-6-11-17(16)19/h5-6,9,11H,3-4,7-8,10,12-15H2,1-2H3,(H,20,21). The zero-order chi connectivity index (χ0) is 15.8. The van der Waals surface area contributed by atoms with Crippen molar-refractivity contribution in [2.75, 3.05) is 19.8 Å². The number of carbonyl (C=O) groups is 1. The second-order valence-corrected chi connectivity index (χ2v) is 6.42. The molecule has 1 atom stereocenters. The van der Waals surface area contributed by atoms with Crippen LogP contribution in [0.25, 0.3) is 0 Å². The molecule has 1 aliphatic carbocycles. The SMILES string of the molecule is CCCCOCCCNC(=O)C1(C)CCCc2ccccc21. The molecule has 0 fully saturated rings. The number of unbranched alkanes of at least 4 members (excludes halogenated alkanes) is 1. The molecule has 0 saturated heterocycles. The van der Waals surface area contributed by atoms with E-state index in [1.54, 1.807) is 0 Å². The fourth-order valence-corrected chi connectivity index (χ4v) is 3.20. The van der Waals surface area contributed by atoms with Crippen molar-refractivity contribution >= 4 is 5.91 Å². The van der Waals surface area contributed by atoms with Crippen LogP contribution in [0.1, 0.15) is 57.1 Å². The molecular weight excluding hydrogens is 274 g/mol. The normalized spacial score (nSPS) is 20.5. The number of fused-ring (bicyclic) bond motifs is 1. The molecule has 1 N–H and O–H groups in total. The quantitative estimate of drug-likeness (QED) is 0.745. The summed E-state index contributed by atoms with van der Waals surface area (Å²) in [4.78, 5) is 12.7. The van der Waals surface area contributed by atoms with Gasteiger partial charge in [0.05, 0.1) is 5.41 Å². The molecule has 1 aromatic rings. The van der Waals surface area contributed by atoms with E-state index in [0.717, 1.165) is 51.7 Å². The highest BCUT2D eigenvalue weighted by Crippen LogP contribution is 2.37. The minimum Gasteiger partial charge on any atom is -0.381 e. The van der Waals surface area contributed by atoms with E-state index >= 15 is 0 Å². The molecule has 1 aromatic carbocycles. The summed E-state index contributed by atoms with van der Waals surface area (Å²) in [6.45, 7) is 6.50. The monoisotopic (exact) mass is 303 g/mol. The molecule has 22 heavy (non-hydrogen) atoms. The number of benzene rings is 1. The Balaban J connectivity index is 1.82. The van der Waals surface area contributed by atoms with Gasteiger partial charge in [0.2, 0.25) is 5.91 Å². The number of ether oxygens (including phenoxy) is 1. The van der Waals surface area contributed by atoms with Gasteiger partial charge in [-0.3, -0.25) is 4.79 Å². The molecule has 0 saturated carbocycles. The molecule has 0 spiro atoms. The van der Waals surface area contributed by atoms with Gasteiger partial charge in [-0.1, -0.05) is 37.6 Å². The van der Waals surface area contributed by atoms with Crippen LogP contribution in [0.15, 0.2) is 24.3 Å². The number of nitrogens with one attached hydrogen (secondary N) is 1. The molecule has 1 amide bonds. The maximum atomic E-state index is 12.7. The summed E-state index contributed by atoms with van der Waals surface area (Å²) >= 11 is 0. The third-order valence-electron chi connectivity index (χ3n) is 4.63. The molecule has 0 aliphatic heterocycles. The first kappa shape index (κ1) is 17.0. The van der Waals surface area contributed by atoms with Crippen molar-refractivity contribution in [3.63, 3.8) is 0 Å². The Hall–Kier alpha value is -1.35. The van der Waals surface area contributed by atoms with E-state index in [1.807, 2.05) is 6.07 Å². The van der Waals surface area contributed by atoms with Crippen LogP contribution >= 0.6 is 0 Å². The number of rotatable bonds is 8. The molecule has 0 aromatic heterocycles. The van der Waals surface area contributed by atoms with Gasteiger partial charge in [0.25, 0.3) is 0 Å². The summed E-state index contributed by atoms with van der Waals surface area (Å²) < 4.78 is 5.53. The lowest BCUT2D eigenvalue weighted by Gasteiger charge is -2.34. The summed E-state index contributed by atoms with van der Waals surface area (Å²) in [6.07, 6.45) is 6.26. The third kappa shape index (κ3) is 4.10. The maximum absolute atomic E-state index is 12.7. The van der Waals surface area contributed by atoms with Crippen LogP contribution in [0.3, 0.4) is 0 Å². The Morgan fingerprint density at radius 3 is 2.86 bits per heavy atom. The van der Waals surface area contributed by atoms with E-state index in [2.05, 4.69) is 37.4 Å². The zero-order valence-corrected chi connectivity index (χ0v) is 14.0. The number of aryl methyl sites for hydroxylation is 1. The minimum atomic E-state index is -0.377. The highest BCUT2D eigenvalue weighted by molar-refractivity contribution is 5.88. The highest BCUT2D eigenvalue weighted by Gasteiger charge is 2.38. The second-order valence-electron chi connectivity index (χ2n) is 6.42. The van der Waals surface area contributed by atoms with Gasteiger partial charge < -0.3 is 10.1 Å². The summed E-state index contributed by atoms with van der Waals surface area (Å²) in [7, 11) is 0. The first-order chi connectivity index (χ1) is 10.7. The van der Waals surface area contributed by atoms with Crippen molar-refractivity contribution in [1.82, 2.24) is 5.32 Å². The van der Waals surface area contributed by atoms with Crippen molar-refractivity contribution in [3.8, 4) is 0 Å². The van der Waals surface area contributed by atoms with E-state index < -0.39 is 0 Å². The lowest BCUT2D eigenvalue weighted by molar-refractivity contribution is -0.126. The van der Waals surface area contributed by atoms with Crippen LogP contribution in [0.2, 0.25) is 0 Å². The largest absolute Gasteiger partial charge is 0.381 e. The molecule has 1 unspecified atom stereocenters. The fourth-order valence-electron chi connectivity index (χ4n) is 3.20. The topological polar surface area (TPSA) is 38.3 Å². The molecule has 0 bridgehead atoms. The third-order valence-corrected chi connectivity index (χ3v) is 4.63. The molecule has 122 valence electrons. The van der Waals surface area contributed by atoms with Crippen molar-refractivity contribution in [3.05, 3.63) is 35.4 Å². The lowest BCUT2D eigenvalue weighted by atomic mass is 9.70. The number of hydrogen-bond acceptors (Lipinski definition) is 2. The van der Waals surface area contributed by atoms with Gasteiger partial charge in [-0.05, 0) is 50.2 Å². The lowest BCUT2D eigenvalue weighted by Crippen LogP contribution is -2.44. The predicted molar refractivity (Wildman–Crippen MR) is 90.1 cm³/mol. The summed E-state index contributed by atoms with van der Waals surface area (Å²) in [5, 5.41) is 3.11. The first-order valence-corrected chi connectivity index (χ1v) is 8.63. The fraction of sp³-hybridized carbons (Fsp3) is 0.632. The van der Waals surface area contributed by atoms with E-state index in [4.69, 9.17) is 4.74 Å². The molecule has 1 aliphatic rings. The number of hydrogen-bond donors (Lipinski definition) is 1. The summed E-state index contributed by atoms with van der Waals surface area (Å²) in [5.74, 6) is 0.160. The zero-order valence-electron chi connectivity index (χ0n) is 14.0. The molecule has 3 nitrogen and oxygen atoms in total. The average molecular weight is 303 g/mol. The van der Waals surface area contributed by atoms with Gasteiger partial charge >= 0.3 is 0 Å². The molecule has 0 heterocycles. The minimum absolute atomic E-state index is 0.160. The van der Waals surface area contributed by atoms with Crippen molar-refractivity contribution in [1.29, 1.82) is 0 Å². The van der Waals surface area contributed by atoms with E-state index in [9.17, 15) is 4.79 Å². The highest BCUT2D eigenvalue weighted by atomic mass is 16.5. The molecular formula is C19H29NO2. The first-order valence-electron chi connectivity index (χ1n) is 8.63. The Bertz CT molecular complexity index is 486. The summed E-state index contributed by atoms with van der Waals surface area (Å²) in [6, 6.07) is 8.37. The average Bonchev–Trinajstić information content (AvgIpc) is 2.54. The number of amides is 1.